The van der Waals surface area contributed by atoms with Crippen molar-refractivity contribution >= 4 is 29.9 Å². The second-order valence-electron chi connectivity index (χ2n) is 6.42. The molecule has 0 saturated heterocycles. The third-order valence-corrected chi connectivity index (χ3v) is 3.91. The van der Waals surface area contributed by atoms with E-state index in [1.54, 1.807) is 13.1 Å². The number of halogens is 2. The van der Waals surface area contributed by atoms with Gasteiger partial charge in [-0.15, -0.1) is 24.0 Å². The molecule has 0 amide bonds. The van der Waals surface area contributed by atoms with Crippen LogP contribution in [0.25, 0.3) is 0 Å². The summed E-state index contributed by atoms with van der Waals surface area (Å²) in [6.45, 7) is 11.1. The van der Waals surface area contributed by atoms with Crippen molar-refractivity contribution in [1.29, 1.82) is 0 Å². The van der Waals surface area contributed by atoms with E-state index in [2.05, 4.69) is 48.2 Å². The van der Waals surface area contributed by atoms with Crippen molar-refractivity contribution in [3.63, 3.8) is 0 Å². The Hall–Kier alpha value is -1.09. The summed E-state index contributed by atoms with van der Waals surface area (Å²) in [5.41, 5.74) is 0.749. The van der Waals surface area contributed by atoms with Crippen LogP contribution in [0.1, 0.15) is 39.7 Å². The fourth-order valence-corrected chi connectivity index (χ4v) is 2.65. The normalized spacial score (nSPS) is 11.8. The third-order valence-electron chi connectivity index (χ3n) is 3.91. The number of guanidine groups is 1. The number of benzene rings is 1. The number of aromatic hydroxyl groups is 1. The smallest absolute Gasteiger partial charge is 0.191 e. The predicted molar refractivity (Wildman–Crippen MR) is 113 cm³/mol. The summed E-state index contributed by atoms with van der Waals surface area (Å²) in [4.78, 5) is 6.62. The first kappa shape index (κ1) is 23.9. The second kappa shape index (κ2) is 12.3. The van der Waals surface area contributed by atoms with Gasteiger partial charge in [0.1, 0.15) is 0 Å². The number of rotatable bonds is 8. The minimum absolute atomic E-state index is 0. The highest BCUT2D eigenvalue weighted by Gasteiger charge is 2.12. The van der Waals surface area contributed by atoms with Gasteiger partial charge in [-0.25, -0.2) is 4.39 Å². The van der Waals surface area contributed by atoms with Gasteiger partial charge in [0.05, 0.1) is 0 Å². The average molecular weight is 466 g/mol. The second-order valence-corrected chi connectivity index (χ2v) is 6.42. The lowest BCUT2D eigenvalue weighted by atomic mass is 10.2. The van der Waals surface area contributed by atoms with Gasteiger partial charge in [0.15, 0.2) is 17.5 Å². The van der Waals surface area contributed by atoms with Crippen molar-refractivity contribution < 1.29 is 9.50 Å². The number of nitrogens with zero attached hydrogens (tertiary/aromatic N) is 2. The molecule has 0 atom stereocenters. The average Bonchev–Trinajstić information content (AvgIpc) is 2.52. The van der Waals surface area contributed by atoms with Crippen LogP contribution in [0.4, 0.5) is 4.39 Å². The summed E-state index contributed by atoms with van der Waals surface area (Å²) < 4.78 is 13.3. The maximum Gasteiger partial charge on any atom is 0.191 e. The van der Waals surface area contributed by atoms with Gasteiger partial charge in [0.25, 0.3) is 0 Å². The highest BCUT2D eigenvalue weighted by Crippen LogP contribution is 2.15. The highest BCUT2D eigenvalue weighted by molar-refractivity contribution is 14.0. The van der Waals surface area contributed by atoms with Gasteiger partial charge in [-0.05, 0) is 51.8 Å². The number of hydrogen-bond acceptors (Lipinski definition) is 3. The molecule has 0 fully saturated rings. The minimum atomic E-state index is -0.611. The van der Waals surface area contributed by atoms with Gasteiger partial charge in [0.2, 0.25) is 0 Å². The topological polar surface area (TPSA) is 59.9 Å². The standard InChI is InChI=1S/C18H31FN4O.HI/c1-13(2)23(14(3)4)10-6-9-21-18(20-5)22-12-15-7-8-17(24)16(19)11-15;/h7-8,11,13-14,24H,6,9-10,12H2,1-5H3,(H2,20,21,22);1H. The van der Waals surface area contributed by atoms with Crippen molar-refractivity contribution in [2.24, 2.45) is 4.99 Å². The first-order valence-electron chi connectivity index (χ1n) is 8.52. The molecule has 0 heterocycles. The largest absolute Gasteiger partial charge is 0.505 e. The molecule has 0 spiro atoms. The van der Waals surface area contributed by atoms with Crippen LogP contribution in [0, 0.1) is 5.82 Å². The molecular formula is C18H32FIN4O. The van der Waals surface area contributed by atoms with Crippen LogP contribution in [0.5, 0.6) is 5.75 Å². The van der Waals surface area contributed by atoms with E-state index in [4.69, 9.17) is 0 Å². The summed E-state index contributed by atoms with van der Waals surface area (Å²) in [5, 5.41) is 15.6. The fourth-order valence-electron chi connectivity index (χ4n) is 2.65. The molecule has 144 valence electrons. The van der Waals surface area contributed by atoms with Crippen molar-refractivity contribution in [1.82, 2.24) is 15.5 Å². The van der Waals surface area contributed by atoms with E-state index in [1.807, 2.05) is 0 Å². The quantitative estimate of drug-likeness (QED) is 0.238. The van der Waals surface area contributed by atoms with Gasteiger partial charge in [-0.2, -0.15) is 0 Å². The van der Waals surface area contributed by atoms with Gasteiger partial charge in [-0.1, -0.05) is 6.07 Å². The van der Waals surface area contributed by atoms with Crippen LogP contribution < -0.4 is 10.6 Å². The van der Waals surface area contributed by atoms with Crippen molar-refractivity contribution in [2.45, 2.75) is 52.7 Å². The van der Waals surface area contributed by atoms with Crippen LogP contribution in [0.2, 0.25) is 0 Å². The molecular weight excluding hydrogens is 434 g/mol. The van der Waals surface area contributed by atoms with Crippen molar-refractivity contribution in [3.05, 3.63) is 29.6 Å². The summed E-state index contributed by atoms with van der Waals surface area (Å²) in [6, 6.07) is 5.42. The van der Waals surface area contributed by atoms with E-state index in [-0.39, 0.29) is 29.7 Å². The Balaban J connectivity index is 0.00000576. The number of nitrogens with one attached hydrogen (secondary N) is 2. The number of phenolic OH excluding ortho intramolecular Hbond substituents is 1. The lowest BCUT2D eigenvalue weighted by Gasteiger charge is -2.30. The molecule has 0 bridgehead atoms. The molecule has 0 unspecified atom stereocenters. The third kappa shape index (κ3) is 8.71. The predicted octanol–water partition coefficient (Wildman–Crippen LogP) is 3.32. The molecule has 25 heavy (non-hydrogen) atoms. The van der Waals surface area contributed by atoms with E-state index < -0.39 is 5.82 Å². The Morgan fingerprint density at radius 2 is 1.84 bits per heavy atom. The monoisotopic (exact) mass is 466 g/mol. The summed E-state index contributed by atoms with van der Waals surface area (Å²) in [6.07, 6.45) is 1.02. The molecule has 7 heteroatoms. The Morgan fingerprint density at radius 3 is 2.36 bits per heavy atom. The zero-order chi connectivity index (χ0) is 18.1. The van der Waals surface area contributed by atoms with Crippen molar-refractivity contribution in [2.75, 3.05) is 20.1 Å². The molecule has 0 aliphatic carbocycles. The van der Waals surface area contributed by atoms with Crippen LogP contribution in [0.15, 0.2) is 23.2 Å². The molecule has 1 aromatic carbocycles. The lowest BCUT2D eigenvalue weighted by molar-refractivity contribution is 0.173. The zero-order valence-electron chi connectivity index (χ0n) is 15.8. The molecule has 3 N–H and O–H groups in total. The highest BCUT2D eigenvalue weighted by atomic mass is 127. The summed E-state index contributed by atoms with van der Waals surface area (Å²) in [7, 11) is 1.71. The Labute approximate surface area is 168 Å². The Kier molecular flexibility index (Phi) is 11.8. The van der Waals surface area contributed by atoms with Gasteiger partial charge >= 0.3 is 0 Å². The SMILES string of the molecule is CN=C(NCCCN(C(C)C)C(C)C)NCc1ccc(O)c(F)c1.I. The molecule has 1 rings (SSSR count). The Morgan fingerprint density at radius 1 is 1.20 bits per heavy atom. The first-order chi connectivity index (χ1) is 11.3. The van der Waals surface area contributed by atoms with Gasteiger partial charge < -0.3 is 15.7 Å². The lowest BCUT2D eigenvalue weighted by Crippen LogP contribution is -2.41. The van der Waals surface area contributed by atoms with Crippen LogP contribution in [-0.2, 0) is 6.54 Å². The maximum absolute atomic E-state index is 13.3. The van der Waals surface area contributed by atoms with Gasteiger partial charge in [-0.3, -0.25) is 9.89 Å². The van der Waals surface area contributed by atoms with Gasteiger partial charge in [0, 0.05) is 38.8 Å². The summed E-state index contributed by atoms with van der Waals surface area (Å²) >= 11 is 0. The molecule has 0 radical (unpaired) electrons. The molecule has 0 aromatic heterocycles. The van der Waals surface area contributed by atoms with E-state index in [1.165, 1.54) is 12.1 Å². The van der Waals surface area contributed by atoms with Crippen molar-refractivity contribution in [3.8, 4) is 5.75 Å². The van der Waals surface area contributed by atoms with E-state index in [9.17, 15) is 9.50 Å². The van der Waals surface area contributed by atoms with E-state index >= 15 is 0 Å². The first-order valence-corrected chi connectivity index (χ1v) is 8.52. The maximum atomic E-state index is 13.3. The molecule has 0 aliphatic heterocycles. The van der Waals surface area contributed by atoms with Crippen LogP contribution in [0.3, 0.4) is 0 Å². The number of phenols is 1. The minimum Gasteiger partial charge on any atom is -0.505 e. The number of hydrogen-bond donors (Lipinski definition) is 3. The molecule has 1 aromatic rings. The molecule has 5 nitrogen and oxygen atoms in total. The zero-order valence-corrected chi connectivity index (χ0v) is 18.2. The van der Waals surface area contributed by atoms with Crippen LogP contribution in [-0.4, -0.2) is 48.2 Å². The van der Waals surface area contributed by atoms with E-state index in [0.717, 1.165) is 25.1 Å². The summed E-state index contributed by atoms with van der Waals surface area (Å²) in [5.74, 6) is -0.259. The molecule has 0 aliphatic rings. The van der Waals surface area contributed by atoms with Crippen LogP contribution >= 0.6 is 24.0 Å². The fraction of sp³-hybridized carbons (Fsp3) is 0.611. The number of aliphatic imine (C=N–C) groups is 1. The molecule has 0 saturated carbocycles. The van der Waals surface area contributed by atoms with E-state index in [0.29, 0.717) is 24.6 Å². The Bertz CT molecular complexity index is 530.